The molecule has 2 aromatic rings. The van der Waals surface area contributed by atoms with Crippen molar-refractivity contribution < 1.29 is 9.59 Å². The SMILES string of the molecule is CC(=O)Nc1nccc(-c2cc3c([nH]2)CCNC3=O)n1.Cl. The van der Waals surface area contributed by atoms with Gasteiger partial charge in [0.2, 0.25) is 11.9 Å². The molecule has 0 saturated heterocycles. The molecule has 8 heteroatoms. The lowest BCUT2D eigenvalue weighted by atomic mass is 10.1. The molecule has 0 fully saturated rings. The lowest BCUT2D eigenvalue weighted by molar-refractivity contribution is -0.114. The summed E-state index contributed by atoms with van der Waals surface area (Å²) in [5.41, 5.74) is 2.92. The number of hydrogen-bond acceptors (Lipinski definition) is 4. The van der Waals surface area contributed by atoms with Crippen LogP contribution in [0.15, 0.2) is 18.3 Å². The van der Waals surface area contributed by atoms with Crippen molar-refractivity contribution in [2.24, 2.45) is 0 Å². The Hall–Kier alpha value is -2.41. The highest BCUT2D eigenvalue weighted by atomic mass is 35.5. The monoisotopic (exact) mass is 307 g/mol. The summed E-state index contributed by atoms with van der Waals surface area (Å²) in [5, 5.41) is 5.32. The molecule has 3 N–H and O–H groups in total. The summed E-state index contributed by atoms with van der Waals surface area (Å²) in [5.74, 6) is -0.0655. The molecule has 0 radical (unpaired) electrons. The van der Waals surface area contributed by atoms with Gasteiger partial charge in [-0.1, -0.05) is 0 Å². The molecule has 2 amide bonds. The Labute approximate surface area is 127 Å². The van der Waals surface area contributed by atoms with Gasteiger partial charge in [0.25, 0.3) is 5.91 Å². The molecule has 21 heavy (non-hydrogen) atoms. The van der Waals surface area contributed by atoms with E-state index >= 15 is 0 Å². The van der Waals surface area contributed by atoms with E-state index in [1.54, 1.807) is 18.3 Å². The number of fused-ring (bicyclic) bond motifs is 1. The summed E-state index contributed by atoms with van der Waals surface area (Å²) in [6.45, 7) is 2.03. The topological polar surface area (TPSA) is 99.8 Å². The molecule has 1 aliphatic rings. The summed E-state index contributed by atoms with van der Waals surface area (Å²) in [7, 11) is 0. The number of carbonyl (C=O) groups excluding carboxylic acids is 2. The normalized spacial score (nSPS) is 12.9. The van der Waals surface area contributed by atoms with Crippen molar-refractivity contribution >= 4 is 30.2 Å². The number of aromatic nitrogens is 3. The highest BCUT2D eigenvalue weighted by Crippen LogP contribution is 2.22. The maximum atomic E-state index is 11.7. The summed E-state index contributed by atoms with van der Waals surface area (Å²) in [6.07, 6.45) is 2.33. The molecule has 0 unspecified atom stereocenters. The van der Waals surface area contributed by atoms with Crippen LogP contribution in [0.2, 0.25) is 0 Å². The first-order chi connectivity index (χ1) is 9.63. The van der Waals surface area contributed by atoms with Crippen LogP contribution in [-0.4, -0.2) is 33.3 Å². The largest absolute Gasteiger partial charge is 0.356 e. The van der Waals surface area contributed by atoms with Gasteiger partial charge in [0.05, 0.1) is 17.0 Å². The van der Waals surface area contributed by atoms with Gasteiger partial charge < -0.3 is 10.3 Å². The minimum Gasteiger partial charge on any atom is -0.356 e. The van der Waals surface area contributed by atoms with Gasteiger partial charge in [-0.15, -0.1) is 12.4 Å². The number of aromatic amines is 1. The predicted octanol–water partition coefficient (Wildman–Crippen LogP) is 1.14. The molecule has 110 valence electrons. The molecular formula is C13H14ClN5O2. The molecule has 0 spiro atoms. The molecule has 7 nitrogen and oxygen atoms in total. The minimum absolute atomic E-state index is 0. The van der Waals surface area contributed by atoms with Crippen LogP contribution < -0.4 is 10.6 Å². The number of H-pyrrole nitrogens is 1. The fraction of sp³-hybridized carbons (Fsp3) is 0.231. The first-order valence-corrected chi connectivity index (χ1v) is 6.24. The second-order valence-electron chi connectivity index (χ2n) is 4.53. The van der Waals surface area contributed by atoms with Gasteiger partial charge in [-0.05, 0) is 12.1 Å². The minimum atomic E-state index is -0.229. The Kier molecular flexibility index (Phi) is 4.23. The number of hydrogen-bond donors (Lipinski definition) is 3. The fourth-order valence-electron chi connectivity index (χ4n) is 2.16. The third kappa shape index (κ3) is 3.03. The zero-order valence-electron chi connectivity index (χ0n) is 11.3. The Bertz CT molecular complexity index is 698. The maximum absolute atomic E-state index is 11.7. The fourth-order valence-corrected chi connectivity index (χ4v) is 2.16. The maximum Gasteiger partial charge on any atom is 0.253 e. The number of nitrogens with one attached hydrogen (secondary N) is 3. The highest BCUT2D eigenvalue weighted by Gasteiger charge is 2.20. The van der Waals surface area contributed by atoms with E-state index in [0.29, 0.717) is 17.8 Å². The highest BCUT2D eigenvalue weighted by molar-refractivity contribution is 5.97. The van der Waals surface area contributed by atoms with Gasteiger partial charge in [-0.2, -0.15) is 0 Å². The number of amides is 2. The van der Waals surface area contributed by atoms with Crippen LogP contribution in [0.1, 0.15) is 23.0 Å². The zero-order valence-corrected chi connectivity index (χ0v) is 12.1. The summed E-state index contributed by atoms with van der Waals surface area (Å²) >= 11 is 0. The van der Waals surface area contributed by atoms with Crippen molar-refractivity contribution in [1.29, 1.82) is 0 Å². The second-order valence-corrected chi connectivity index (χ2v) is 4.53. The molecule has 0 atom stereocenters. The molecule has 3 rings (SSSR count). The van der Waals surface area contributed by atoms with Gasteiger partial charge in [0.1, 0.15) is 0 Å². The van der Waals surface area contributed by atoms with E-state index in [9.17, 15) is 9.59 Å². The Balaban J connectivity index is 0.00000161. The van der Waals surface area contributed by atoms with E-state index in [0.717, 1.165) is 17.8 Å². The molecule has 0 bridgehead atoms. The summed E-state index contributed by atoms with van der Waals surface area (Å²) in [4.78, 5) is 34.1. The van der Waals surface area contributed by atoms with Crippen molar-refractivity contribution in [3.8, 4) is 11.4 Å². The van der Waals surface area contributed by atoms with E-state index in [-0.39, 0.29) is 30.2 Å². The van der Waals surface area contributed by atoms with Crippen LogP contribution in [0.4, 0.5) is 5.95 Å². The number of nitrogens with zero attached hydrogens (tertiary/aromatic N) is 2. The van der Waals surface area contributed by atoms with Crippen molar-refractivity contribution in [1.82, 2.24) is 20.3 Å². The number of rotatable bonds is 2. The lowest BCUT2D eigenvalue weighted by Gasteiger charge is -2.10. The van der Waals surface area contributed by atoms with E-state index in [1.807, 2.05) is 0 Å². The zero-order chi connectivity index (χ0) is 14.1. The van der Waals surface area contributed by atoms with Gasteiger partial charge in [0, 0.05) is 31.8 Å². The standard InChI is InChI=1S/C13H13N5O2.ClH/c1-7(19)16-13-15-5-3-10(18-13)11-6-8-9(17-11)2-4-14-12(8)20;/h3,5-6,17H,2,4H2,1H3,(H,14,20)(H,15,16,18,19);1H. The van der Waals surface area contributed by atoms with Gasteiger partial charge in [-0.25, -0.2) is 9.97 Å². The number of halogens is 1. The first-order valence-electron chi connectivity index (χ1n) is 6.24. The molecule has 2 aromatic heterocycles. The van der Waals surface area contributed by atoms with Crippen LogP contribution in [0.5, 0.6) is 0 Å². The quantitative estimate of drug-likeness (QED) is 0.774. The summed E-state index contributed by atoms with van der Waals surface area (Å²) < 4.78 is 0. The Morgan fingerprint density at radius 2 is 2.24 bits per heavy atom. The molecule has 0 saturated carbocycles. The van der Waals surface area contributed by atoms with Crippen LogP contribution in [0.25, 0.3) is 11.4 Å². The number of carbonyl (C=O) groups is 2. The molecular weight excluding hydrogens is 294 g/mol. The van der Waals surface area contributed by atoms with E-state index in [1.165, 1.54) is 6.92 Å². The van der Waals surface area contributed by atoms with Gasteiger partial charge in [-0.3, -0.25) is 14.9 Å². The van der Waals surface area contributed by atoms with Crippen molar-refractivity contribution in [3.63, 3.8) is 0 Å². The molecule has 0 aromatic carbocycles. The second kappa shape index (κ2) is 5.92. The van der Waals surface area contributed by atoms with Gasteiger partial charge in [0.15, 0.2) is 0 Å². The van der Waals surface area contributed by atoms with Crippen LogP contribution in [0, 0.1) is 0 Å². The summed E-state index contributed by atoms with van der Waals surface area (Å²) in [6, 6.07) is 3.49. The van der Waals surface area contributed by atoms with Crippen LogP contribution in [0.3, 0.4) is 0 Å². The van der Waals surface area contributed by atoms with Gasteiger partial charge >= 0.3 is 0 Å². The van der Waals surface area contributed by atoms with Crippen molar-refractivity contribution in [2.75, 3.05) is 11.9 Å². The van der Waals surface area contributed by atoms with E-state index < -0.39 is 0 Å². The first kappa shape index (κ1) is 15.0. The van der Waals surface area contributed by atoms with E-state index in [2.05, 4.69) is 25.6 Å². The molecule has 1 aliphatic heterocycles. The molecule has 0 aliphatic carbocycles. The Morgan fingerprint density at radius 3 is 2.95 bits per heavy atom. The molecule has 3 heterocycles. The number of anilines is 1. The third-order valence-electron chi connectivity index (χ3n) is 3.02. The smallest absolute Gasteiger partial charge is 0.253 e. The predicted molar refractivity (Wildman–Crippen MR) is 79.4 cm³/mol. The third-order valence-corrected chi connectivity index (χ3v) is 3.02. The van der Waals surface area contributed by atoms with E-state index in [4.69, 9.17) is 0 Å². The lowest BCUT2D eigenvalue weighted by Crippen LogP contribution is -2.31. The van der Waals surface area contributed by atoms with Crippen molar-refractivity contribution in [3.05, 3.63) is 29.6 Å². The average Bonchev–Trinajstić information content (AvgIpc) is 2.84. The van der Waals surface area contributed by atoms with Crippen LogP contribution in [-0.2, 0) is 11.2 Å². The average molecular weight is 308 g/mol. The van der Waals surface area contributed by atoms with Crippen molar-refractivity contribution in [2.45, 2.75) is 13.3 Å². The van der Waals surface area contributed by atoms with Crippen LogP contribution >= 0.6 is 12.4 Å². The Morgan fingerprint density at radius 1 is 1.43 bits per heavy atom.